The van der Waals surface area contributed by atoms with Gasteiger partial charge < -0.3 is 9.47 Å². The molecule has 0 atom stereocenters. The molecule has 0 bridgehead atoms. The van der Waals surface area contributed by atoms with E-state index in [1.165, 1.54) is 94.6 Å². The molecule has 3 aliphatic rings. The van der Waals surface area contributed by atoms with E-state index in [9.17, 15) is 0 Å². The third-order valence-electron chi connectivity index (χ3n) is 11.6. The van der Waals surface area contributed by atoms with Gasteiger partial charge in [-0.25, -0.2) is 0 Å². The minimum Gasteiger partial charge on any atom is -0.494 e. The van der Waals surface area contributed by atoms with E-state index in [0.29, 0.717) is 11.8 Å². The van der Waals surface area contributed by atoms with Crippen molar-refractivity contribution in [2.45, 2.75) is 152 Å². The second-order valence-electron chi connectivity index (χ2n) is 14.5. The smallest absolute Gasteiger partial charge is 0.129 e. The average Bonchev–Trinajstić information content (AvgIpc) is 3.05. The zero-order chi connectivity index (χ0) is 30.9. The van der Waals surface area contributed by atoms with Crippen molar-refractivity contribution in [2.24, 2.45) is 10.8 Å². The van der Waals surface area contributed by atoms with Gasteiger partial charge in [-0.2, -0.15) is 0 Å². The minimum atomic E-state index is -0.598. The summed E-state index contributed by atoms with van der Waals surface area (Å²) in [6.07, 6.45) is 23.2. The molecule has 244 valence electrons. The van der Waals surface area contributed by atoms with Gasteiger partial charge in [-0.05, 0) is 118 Å². The van der Waals surface area contributed by atoms with Crippen molar-refractivity contribution in [1.29, 1.82) is 0 Å². The second-order valence-corrected chi connectivity index (χ2v) is 15.9. The number of benzene rings is 2. The summed E-state index contributed by atoms with van der Waals surface area (Å²) in [6.45, 7) is 6.17. The van der Waals surface area contributed by atoms with E-state index < -0.39 is 4.33 Å². The summed E-state index contributed by atoms with van der Waals surface area (Å²) >= 11 is 14.8. The summed E-state index contributed by atoms with van der Waals surface area (Å²) in [5.41, 5.74) is 3.08. The average molecular weight is 642 g/mol. The maximum atomic E-state index is 7.41. The van der Waals surface area contributed by atoms with Crippen molar-refractivity contribution < 1.29 is 9.47 Å². The van der Waals surface area contributed by atoms with Gasteiger partial charge in [0.25, 0.3) is 0 Å². The molecule has 3 fully saturated rings. The molecule has 4 heteroatoms. The second kappa shape index (κ2) is 15.9. The predicted octanol–water partition coefficient (Wildman–Crippen LogP) is 13.0. The van der Waals surface area contributed by atoms with Crippen LogP contribution in [0.15, 0.2) is 48.5 Å². The van der Waals surface area contributed by atoms with Crippen molar-refractivity contribution in [2.75, 3.05) is 13.2 Å². The molecular weight excluding hydrogens is 583 g/mol. The SMILES string of the molecule is CCCCCCCOc1ccc(C2CCC3(CC2)CC2(CCC(c4ccc(OCCCCCCC)cc4)CC2)C3(Cl)Cl)cc1. The first-order chi connectivity index (χ1) is 21.4. The summed E-state index contributed by atoms with van der Waals surface area (Å²) in [5.74, 6) is 3.22. The van der Waals surface area contributed by atoms with Gasteiger partial charge in [-0.15, -0.1) is 23.2 Å². The Balaban J connectivity index is 1.05. The number of rotatable bonds is 16. The summed E-state index contributed by atoms with van der Waals surface area (Å²) in [4.78, 5) is 0. The van der Waals surface area contributed by atoms with E-state index in [1.54, 1.807) is 0 Å². The van der Waals surface area contributed by atoms with Gasteiger partial charge in [-0.3, -0.25) is 0 Å². The Kier molecular flexibility index (Phi) is 12.3. The number of hydrogen-bond acceptors (Lipinski definition) is 2. The molecule has 0 saturated heterocycles. The molecule has 44 heavy (non-hydrogen) atoms. The van der Waals surface area contributed by atoms with E-state index in [2.05, 4.69) is 62.4 Å². The van der Waals surface area contributed by atoms with Crippen LogP contribution in [0.4, 0.5) is 0 Å². The molecule has 0 radical (unpaired) electrons. The lowest BCUT2D eigenvalue weighted by Gasteiger charge is -2.69. The topological polar surface area (TPSA) is 18.5 Å². The van der Waals surface area contributed by atoms with Gasteiger partial charge in [0.1, 0.15) is 15.8 Å². The Morgan fingerprint density at radius 2 is 0.909 bits per heavy atom. The molecule has 2 aromatic rings. The molecule has 2 aromatic carbocycles. The largest absolute Gasteiger partial charge is 0.494 e. The highest BCUT2D eigenvalue weighted by atomic mass is 35.5. The van der Waals surface area contributed by atoms with Crippen molar-refractivity contribution in [3.8, 4) is 11.5 Å². The summed E-state index contributed by atoms with van der Waals surface area (Å²) in [6, 6.07) is 17.9. The van der Waals surface area contributed by atoms with Crippen LogP contribution in [-0.2, 0) is 0 Å². The van der Waals surface area contributed by atoms with E-state index in [-0.39, 0.29) is 10.8 Å². The van der Waals surface area contributed by atoms with Crippen molar-refractivity contribution in [3.63, 3.8) is 0 Å². The van der Waals surface area contributed by atoms with Crippen molar-refractivity contribution in [1.82, 2.24) is 0 Å². The van der Waals surface area contributed by atoms with Gasteiger partial charge in [-0.1, -0.05) is 89.5 Å². The number of ether oxygens (including phenoxy) is 2. The summed E-state index contributed by atoms with van der Waals surface area (Å²) < 4.78 is 11.4. The molecule has 0 N–H and O–H groups in total. The Bertz CT molecular complexity index is 1020. The first-order valence-electron chi connectivity index (χ1n) is 18.3. The zero-order valence-corrected chi connectivity index (χ0v) is 29.2. The number of hydrogen-bond donors (Lipinski definition) is 0. The molecule has 0 aromatic heterocycles. The highest BCUT2D eigenvalue weighted by molar-refractivity contribution is 6.50. The first-order valence-corrected chi connectivity index (χ1v) is 19.0. The first kappa shape index (κ1) is 34.0. The highest BCUT2D eigenvalue weighted by Gasteiger charge is 2.72. The van der Waals surface area contributed by atoms with Crippen molar-refractivity contribution >= 4 is 23.2 Å². The van der Waals surface area contributed by atoms with E-state index in [4.69, 9.17) is 32.7 Å². The third kappa shape index (κ3) is 7.76. The fraction of sp³-hybridized carbons (Fsp3) is 0.700. The lowest BCUT2D eigenvalue weighted by Crippen LogP contribution is -2.66. The van der Waals surface area contributed by atoms with Crippen LogP contribution in [-0.4, -0.2) is 17.5 Å². The molecule has 2 spiro atoms. The summed E-state index contributed by atoms with van der Waals surface area (Å²) in [5, 5.41) is 0. The van der Waals surface area contributed by atoms with Crippen LogP contribution in [0.3, 0.4) is 0 Å². The number of unbranched alkanes of at least 4 members (excludes halogenated alkanes) is 8. The fourth-order valence-corrected chi connectivity index (χ4v) is 9.80. The van der Waals surface area contributed by atoms with Gasteiger partial charge in [0.15, 0.2) is 0 Å². The van der Waals surface area contributed by atoms with Gasteiger partial charge >= 0.3 is 0 Å². The van der Waals surface area contributed by atoms with Crippen LogP contribution >= 0.6 is 23.2 Å². The Morgan fingerprint density at radius 3 is 1.25 bits per heavy atom. The van der Waals surface area contributed by atoms with Gasteiger partial charge in [0.05, 0.1) is 13.2 Å². The van der Waals surface area contributed by atoms with Crippen LogP contribution in [0, 0.1) is 10.8 Å². The minimum absolute atomic E-state index is 0.0931. The zero-order valence-electron chi connectivity index (χ0n) is 27.7. The number of alkyl halides is 2. The monoisotopic (exact) mass is 640 g/mol. The quantitative estimate of drug-likeness (QED) is 0.134. The van der Waals surface area contributed by atoms with E-state index in [1.807, 2.05) is 0 Å². The number of halogens is 2. The molecule has 3 saturated carbocycles. The van der Waals surface area contributed by atoms with Crippen LogP contribution in [0.2, 0.25) is 0 Å². The standard InChI is InChI=1S/C40H58Cl2O2/c1-3-5-7-9-11-29-43-36-17-13-32(14-18-36)34-21-25-38(26-22-34)31-39(40(38,41)42)27-23-35(24-28-39)33-15-19-37(20-16-33)44-30-12-10-8-6-4-2/h13-20,34-35H,3-12,21-31H2,1-2H3. The van der Waals surface area contributed by atoms with Gasteiger partial charge in [0.2, 0.25) is 0 Å². The van der Waals surface area contributed by atoms with Gasteiger partial charge in [0, 0.05) is 10.8 Å². The molecule has 5 rings (SSSR count). The highest BCUT2D eigenvalue weighted by Crippen LogP contribution is 2.77. The molecule has 0 aliphatic heterocycles. The molecule has 0 unspecified atom stereocenters. The summed E-state index contributed by atoms with van der Waals surface area (Å²) in [7, 11) is 0. The van der Waals surface area contributed by atoms with Crippen LogP contribution in [0.5, 0.6) is 11.5 Å². The molecule has 0 heterocycles. The lowest BCUT2D eigenvalue weighted by molar-refractivity contribution is -0.107. The normalized spacial score (nSPS) is 27.7. The Morgan fingerprint density at radius 1 is 0.545 bits per heavy atom. The molecule has 3 aliphatic carbocycles. The molecular formula is C40H58Cl2O2. The maximum absolute atomic E-state index is 7.41. The molecule has 0 amide bonds. The Labute approximate surface area is 279 Å². The van der Waals surface area contributed by atoms with Crippen LogP contribution in [0.25, 0.3) is 0 Å². The van der Waals surface area contributed by atoms with Crippen molar-refractivity contribution in [3.05, 3.63) is 59.7 Å². The van der Waals surface area contributed by atoms with E-state index >= 15 is 0 Å². The van der Waals surface area contributed by atoms with Crippen LogP contribution < -0.4 is 9.47 Å². The predicted molar refractivity (Wildman–Crippen MR) is 188 cm³/mol. The Hall–Kier alpha value is -1.38. The molecule has 2 nitrogen and oxygen atoms in total. The lowest BCUT2D eigenvalue weighted by atomic mass is 9.43. The van der Waals surface area contributed by atoms with Crippen LogP contribution in [0.1, 0.15) is 159 Å². The maximum Gasteiger partial charge on any atom is 0.129 e. The third-order valence-corrected chi connectivity index (χ3v) is 13.2. The fourth-order valence-electron chi connectivity index (χ4n) is 8.78. The van der Waals surface area contributed by atoms with E-state index in [0.717, 1.165) is 63.2 Å².